The summed E-state index contributed by atoms with van der Waals surface area (Å²) < 4.78 is 32.6. The Labute approximate surface area is 199 Å². The molecule has 6 nitrogen and oxygen atoms in total. The maximum atomic E-state index is 12.8. The highest BCUT2D eigenvalue weighted by Gasteiger charge is 2.19. The van der Waals surface area contributed by atoms with Gasteiger partial charge in [0.05, 0.1) is 17.7 Å². The Morgan fingerprint density at radius 2 is 1.59 bits per heavy atom. The standard InChI is InChI=1S/C27H25N3O3S/c1-22-16-18-26(19-17-22)34(31,32)30-20-25(28-29-30)21-33-27(24-13-6-3-7-14-24)15-9-8-12-23-10-4-2-5-11-23/h2-20,27H,21H2,1H3/b12-8+,15-9+. The van der Waals surface area contributed by atoms with Crippen LogP contribution in [0.4, 0.5) is 0 Å². The molecule has 0 N–H and O–H groups in total. The van der Waals surface area contributed by atoms with Crippen LogP contribution in [0.1, 0.15) is 28.5 Å². The molecule has 0 fully saturated rings. The fourth-order valence-electron chi connectivity index (χ4n) is 3.26. The van der Waals surface area contributed by atoms with Crippen LogP contribution in [-0.4, -0.2) is 22.8 Å². The summed E-state index contributed by atoms with van der Waals surface area (Å²) in [7, 11) is -3.81. The lowest BCUT2D eigenvalue weighted by Gasteiger charge is -2.13. The molecule has 1 heterocycles. The van der Waals surface area contributed by atoms with Crippen molar-refractivity contribution in [2.75, 3.05) is 0 Å². The molecule has 0 aliphatic heterocycles. The van der Waals surface area contributed by atoms with Crippen LogP contribution < -0.4 is 0 Å². The van der Waals surface area contributed by atoms with Gasteiger partial charge in [-0.25, -0.2) is 0 Å². The Kier molecular flexibility index (Phi) is 7.47. The van der Waals surface area contributed by atoms with Crippen LogP contribution in [0.2, 0.25) is 0 Å². The average Bonchev–Trinajstić information content (AvgIpc) is 3.35. The Hall–Kier alpha value is -3.81. The van der Waals surface area contributed by atoms with Crippen molar-refractivity contribution < 1.29 is 13.2 Å². The molecule has 0 aliphatic carbocycles. The highest BCUT2D eigenvalue weighted by atomic mass is 32.2. The third kappa shape index (κ3) is 5.95. The largest absolute Gasteiger partial charge is 0.363 e. The molecule has 0 aliphatic rings. The lowest BCUT2D eigenvalue weighted by Crippen LogP contribution is -2.13. The molecule has 0 amide bonds. The Bertz CT molecular complexity index is 1360. The molecule has 3 aromatic carbocycles. The second-order valence-electron chi connectivity index (χ2n) is 7.70. The highest BCUT2D eigenvalue weighted by molar-refractivity contribution is 7.89. The molecule has 7 heteroatoms. The first-order valence-electron chi connectivity index (χ1n) is 10.8. The average molecular weight is 472 g/mol. The monoisotopic (exact) mass is 471 g/mol. The van der Waals surface area contributed by atoms with Crippen LogP contribution in [0.15, 0.2) is 114 Å². The van der Waals surface area contributed by atoms with Gasteiger partial charge in [0.15, 0.2) is 0 Å². The van der Waals surface area contributed by atoms with Crippen molar-refractivity contribution in [3.05, 3.63) is 132 Å². The number of benzene rings is 3. The first-order chi connectivity index (χ1) is 16.5. The van der Waals surface area contributed by atoms with Crippen LogP contribution >= 0.6 is 0 Å². The van der Waals surface area contributed by atoms with E-state index in [0.717, 1.165) is 20.8 Å². The first-order valence-corrected chi connectivity index (χ1v) is 12.3. The van der Waals surface area contributed by atoms with Gasteiger partial charge >= 0.3 is 0 Å². The highest BCUT2D eigenvalue weighted by Crippen LogP contribution is 2.21. The van der Waals surface area contributed by atoms with Gasteiger partial charge in [-0.05, 0) is 30.2 Å². The van der Waals surface area contributed by atoms with Crippen molar-refractivity contribution in [1.29, 1.82) is 0 Å². The van der Waals surface area contributed by atoms with Crippen LogP contribution in [0.25, 0.3) is 6.08 Å². The number of hydrogen-bond donors (Lipinski definition) is 0. The van der Waals surface area contributed by atoms with Gasteiger partial charge in [0.2, 0.25) is 0 Å². The maximum absolute atomic E-state index is 12.8. The molecule has 0 radical (unpaired) electrons. The SMILES string of the molecule is Cc1ccc(S(=O)(=O)n2cc(COC(/C=C/C=C/c3ccccc3)c3ccccc3)nn2)cc1. The van der Waals surface area contributed by atoms with Crippen LogP contribution in [0, 0.1) is 6.92 Å². The second-order valence-corrected chi connectivity index (χ2v) is 9.49. The topological polar surface area (TPSA) is 74.1 Å². The first kappa shape index (κ1) is 23.4. The van der Waals surface area contributed by atoms with Gasteiger partial charge < -0.3 is 4.74 Å². The van der Waals surface area contributed by atoms with E-state index in [2.05, 4.69) is 10.3 Å². The van der Waals surface area contributed by atoms with Gasteiger partial charge in [-0.15, -0.1) is 9.19 Å². The van der Waals surface area contributed by atoms with Crippen molar-refractivity contribution in [2.45, 2.75) is 24.5 Å². The third-order valence-corrected chi connectivity index (χ3v) is 6.65. The number of hydrogen-bond acceptors (Lipinski definition) is 5. The van der Waals surface area contributed by atoms with Crippen molar-refractivity contribution in [1.82, 2.24) is 14.4 Å². The van der Waals surface area contributed by atoms with Crippen molar-refractivity contribution in [3.8, 4) is 0 Å². The summed E-state index contributed by atoms with van der Waals surface area (Å²) in [6, 6.07) is 26.4. The zero-order chi connectivity index (χ0) is 23.8. The van der Waals surface area contributed by atoms with E-state index in [1.54, 1.807) is 24.3 Å². The number of aryl methyl sites for hydroxylation is 1. The Morgan fingerprint density at radius 1 is 0.912 bits per heavy atom. The third-order valence-electron chi connectivity index (χ3n) is 5.11. The number of allylic oxidation sites excluding steroid dienone is 2. The van der Waals surface area contributed by atoms with E-state index in [-0.39, 0.29) is 17.6 Å². The van der Waals surface area contributed by atoms with Crippen molar-refractivity contribution in [2.24, 2.45) is 0 Å². The predicted octanol–water partition coefficient (Wildman–Crippen LogP) is 5.35. The van der Waals surface area contributed by atoms with E-state index in [9.17, 15) is 8.42 Å². The van der Waals surface area contributed by atoms with E-state index >= 15 is 0 Å². The zero-order valence-corrected chi connectivity index (χ0v) is 19.5. The minimum Gasteiger partial charge on any atom is -0.363 e. The predicted molar refractivity (Wildman–Crippen MR) is 132 cm³/mol. The Balaban J connectivity index is 1.46. The van der Waals surface area contributed by atoms with Gasteiger partial charge in [-0.2, -0.15) is 8.42 Å². The van der Waals surface area contributed by atoms with E-state index in [0.29, 0.717) is 5.69 Å². The minimum atomic E-state index is -3.81. The fraction of sp³-hybridized carbons (Fsp3) is 0.111. The maximum Gasteiger partial charge on any atom is 0.284 e. The molecule has 0 saturated heterocycles. The smallest absolute Gasteiger partial charge is 0.284 e. The Morgan fingerprint density at radius 3 is 2.29 bits per heavy atom. The molecule has 0 spiro atoms. The van der Waals surface area contributed by atoms with Crippen molar-refractivity contribution in [3.63, 3.8) is 0 Å². The summed E-state index contributed by atoms with van der Waals surface area (Å²) in [5.41, 5.74) is 3.48. The fourth-order valence-corrected chi connectivity index (χ4v) is 4.35. The molecule has 0 saturated carbocycles. The second kappa shape index (κ2) is 10.9. The van der Waals surface area contributed by atoms with Gasteiger partial charge in [0, 0.05) is 0 Å². The molecule has 0 bridgehead atoms. The zero-order valence-electron chi connectivity index (χ0n) is 18.7. The molecule has 4 aromatic rings. The van der Waals surface area contributed by atoms with Crippen molar-refractivity contribution >= 4 is 16.1 Å². The molecule has 1 aromatic heterocycles. The summed E-state index contributed by atoms with van der Waals surface area (Å²) in [5, 5.41) is 7.81. The van der Waals surface area contributed by atoms with Crippen LogP contribution in [0.5, 0.6) is 0 Å². The lowest BCUT2D eigenvalue weighted by molar-refractivity contribution is 0.0696. The van der Waals surface area contributed by atoms with Gasteiger partial charge in [0.1, 0.15) is 11.8 Å². The molecule has 1 atom stereocenters. The molecule has 34 heavy (non-hydrogen) atoms. The molecule has 172 valence electrons. The van der Waals surface area contributed by atoms with E-state index in [1.165, 1.54) is 6.20 Å². The van der Waals surface area contributed by atoms with Gasteiger partial charge in [-0.1, -0.05) is 108 Å². The molecule has 4 rings (SSSR count). The van der Waals surface area contributed by atoms with E-state index in [1.807, 2.05) is 91.9 Å². The molecular formula is C27H25N3O3S. The number of nitrogens with zero attached hydrogens (tertiary/aromatic N) is 3. The number of rotatable bonds is 9. The summed E-state index contributed by atoms with van der Waals surface area (Å²) in [6.45, 7) is 2.01. The number of aromatic nitrogens is 3. The summed E-state index contributed by atoms with van der Waals surface area (Å²) >= 11 is 0. The molecular weight excluding hydrogens is 446 g/mol. The molecule has 1 unspecified atom stereocenters. The summed E-state index contributed by atoms with van der Waals surface area (Å²) in [5.74, 6) is 0. The number of ether oxygens (including phenoxy) is 1. The van der Waals surface area contributed by atoms with Crippen LogP contribution in [-0.2, 0) is 21.4 Å². The van der Waals surface area contributed by atoms with Gasteiger partial charge in [-0.3, -0.25) is 0 Å². The summed E-state index contributed by atoms with van der Waals surface area (Å²) in [6.07, 6.45) is 8.90. The van der Waals surface area contributed by atoms with Crippen LogP contribution in [0.3, 0.4) is 0 Å². The van der Waals surface area contributed by atoms with E-state index < -0.39 is 10.0 Å². The summed E-state index contributed by atoms with van der Waals surface area (Å²) in [4.78, 5) is 0.158. The lowest BCUT2D eigenvalue weighted by atomic mass is 10.1. The minimum absolute atomic E-state index is 0.107. The van der Waals surface area contributed by atoms with Gasteiger partial charge in [0.25, 0.3) is 10.0 Å². The normalized spacial score (nSPS) is 13.0. The van der Waals surface area contributed by atoms with E-state index in [4.69, 9.17) is 4.74 Å². The quantitative estimate of drug-likeness (QED) is 0.308.